The van der Waals surface area contributed by atoms with Crippen molar-refractivity contribution in [2.24, 2.45) is 0 Å². The molecule has 1 rings (SSSR count). The molecule has 0 saturated carbocycles. The summed E-state index contributed by atoms with van der Waals surface area (Å²) in [4.78, 5) is 12.3. The van der Waals surface area contributed by atoms with Crippen LogP contribution in [0.15, 0.2) is 24.3 Å². The van der Waals surface area contributed by atoms with Crippen LogP contribution >= 0.6 is 0 Å². The number of hydrogen-bond acceptors (Lipinski definition) is 2. The van der Waals surface area contributed by atoms with Gasteiger partial charge >= 0.3 is 5.97 Å². The van der Waals surface area contributed by atoms with E-state index < -0.39 is 12.0 Å². The molecule has 0 saturated heterocycles. The first-order valence-corrected chi connectivity index (χ1v) is 4.69. The minimum Gasteiger partial charge on any atom is -0.480 e. The second-order valence-electron chi connectivity index (χ2n) is 3.52. The molecule has 0 radical (unpaired) electrons. The molecule has 0 fully saturated rings. The minimum atomic E-state index is -0.908. The highest BCUT2D eigenvalue weighted by Crippen LogP contribution is 2.10. The summed E-state index contributed by atoms with van der Waals surface area (Å²) in [5.74, 6) is -1.21. The van der Waals surface area contributed by atoms with E-state index in [0.717, 1.165) is 0 Å². The molecule has 1 atom stereocenters. The third-order valence-electron chi connectivity index (χ3n) is 2.40. The number of rotatable bonds is 4. The first-order chi connectivity index (χ1) is 7.02. The van der Waals surface area contributed by atoms with E-state index in [2.05, 4.69) is 0 Å². The summed E-state index contributed by atoms with van der Waals surface area (Å²) in [7, 11) is 1.66. The van der Waals surface area contributed by atoms with E-state index in [1.807, 2.05) is 0 Å². The van der Waals surface area contributed by atoms with Crippen LogP contribution in [-0.2, 0) is 11.3 Å². The Balaban J connectivity index is 2.70. The first kappa shape index (κ1) is 11.7. The van der Waals surface area contributed by atoms with E-state index in [-0.39, 0.29) is 5.82 Å². The average molecular weight is 211 g/mol. The first-order valence-electron chi connectivity index (χ1n) is 4.69. The van der Waals surface area contributed by atoms with Gasteiger partial charge in [0.2, 0.25) is 0 Å². The van der Waals surface area contributed by atoms with E-state index in [1.54, 1.807) is 37.1 Å². The normalized spacial score (nSPS) is 12.8. The number of nitrogens with zero attached hydrogens (tertiary/aromatic N) is 1. The third-order valence-corrected chi connectivity index (χ3v) is 2.40. The SMILES string of the molecule is C[C@@H](C(=O)O)N(C)Cc1ccccc1F. The van der Waals surface area contributed by atoms with Gasteiger partial charge in [0.25, 0.3) is 0 Å². The van der Waals surface area contributed by atoms with Crippen LogP contribution < -0.4 is 0 Å². The Morgan fingerprint density at radius 1 is 1.53 bits per heavy atom. The van der Waals surface area contributed by atoms with E-state index >= 15 is 0 Å². The Kier molecular flexibility index (Phi) is 3.80. The van der Waals surface area contributed by atoms with Crippen molar-refractivity contribution in [2.45, 2.75) is 19.5 Å². The highest BCUT2D eigenvalue weighted by Gasteiger charge is 2.17. The molecule has 0 aliphatic rings. The summed E-state index contributed by atoms with van der Waals surface area (Å²) >= 11 is 0. The maximum atomic E-state index is 13.2. The number of carboxylic acids is 1. The summed E-state index contributed by atoms with van der Waals surface area (Å²) in [6.45, 7) is 1.86. The second-order valence-corrected chi connectivity index (χ2v) is 3.52. The predicted molar refractivity (Wildman–Crippen MR) is 55.0 cm³/mol. The fourth-order valence-corrected chi connectivity index (χ4v) is 1.22. The largest absolute Gasteiger partial charge is 0.480 e. The molecule has 4 heteroatoms. The summed E-state index contributed by atoms with van der Waals surface area (Å²) in [5.41, 5.74) is 0.508. The quantitative estimate of drug-likeness (QED) is 0.824. The smallest absolute Gasteiger partial charge is 0.320 e. The highest BCUT2D eigenvalue weighted by molar-refractivity contribution is 5.72. The van der Waals surface area contributed by atoms with E-state index in [9.17, 15) is 9.18 Å². The van der Waals surface area contributed by atoms with E-state index in [0.29, 0.717) is 12.1 Å². The number of halogens is 1. The number of benzene rings is 1. The van der Waals surface area contributed by atoms with Crippen molar-refractivity contribution in [1.82, 2.24) is 4.90 Å². The molecule has 1 N–H and O–H groups in total. The maximum absolute atomic E-state index is 13.2. The van der Waals surface area contributed by atoms with Crippen molar-refractivity contribution in [3.05, 3.63) is 35.6 Å². The Morgan fingerprint density at radius 3 is 2.67 bits per heavy atom. The zero-order valence-electron chi connectivity index (χ0n) is 8.77. The van der Waals surface area contributed by atoms with Crippen LogP contribution in [0.1, 0.15) is 12.5 Å². The number of carboxylic acid groups (broad SMARTS) is 1. The van der Waals surface area contributed by atoms with Crippen LogP contribution in [0.3, 0.4) is 0 Å². The van der Waals surface area contributed by atoms with Gasteiger partial charge in [-0.2, -0.15) is 0 Å². The van der Waals surface area contributed by atoms with Crippen molar-refractivity contribution in [3.8, 4) is 0 Å². The highest BCUT2D eigenvalue weighted by atomic mass is 19.1. The molecule has 1 aromatic rings. The van der Waals surface area contributed by atoms with Crippen molar-refractivity contribution >= 4 is 5.97 Å². The van der Waals surface area contributed by atoms with Gasteiger partial charge in [-0.05, 0) is 20.0 Å². The van der Waals surface area contributed by atoms with E-state index in [4.69, 9.17) is 5.11 Å². The summed E-state index contributed by atoms with van der Waals surface area (Å²) < 4.78 is 13.2. The van der Waals surface area contributed by atoms with Gasteiger partial charge in [-0.1, -0.05) is 18.2 Å². The summed E-state index contributed by atoms with van der Waals surface area (Å²) in [5, 5.41) is 8.76. The molecule has 82 valence electrons. The summed E-state index contributed by atoms with van der Waals surface area (Å²) in [6, 6.07) is 5.75. The molecule has 0 aromatic heterocycles. The van der Waals surface area contributed by atoms with Gasteiger partial charge in [-0.25, -0.2) is 4.39 Å². The van der Waals surface area contributed by atoms with Gasteiger partial charge in [0.1, 0.15) is 11.9 Å². The Labute approximate surface area is 88.1 Å². The molecule has 0 aliphatic heterocycles. The maximum Gasteiger partial charge on any atom is 0.320 e. The molecule has 0 spiro atoms. The lowest BCUT2D eigenvalue weighted by molar-refractivity contribution is -0.142. The van der Waals surface area contributed by atoms with Crippen molar-refractivity contribution in [1.29, 1.82) is 0 Å². The second kappa shape index (κ2) is 4.89. The Morgan fingerprint density at radius 2 is 2.13 bits per heavy atom. The average Bonchev–Trinajstić information content (AvgIpc) is 2.20. The fraction of sp³-hybridized carbons (Fsp3) is 0.364. The Hall–Kier alpha value is -1.42. The summed E-state index contributed by atoms with van der Waals surface area (Å²) in [6.07, 6.45) is 0. The van der Waals surface area contributed by atoms with Crippen LogP contribution in [0, 0.1) is 5.82 Å². The lowest BCUT2D eigenvalue weighted by Crippen LogP contribution is -2.35. The van der Waals surface area contributed by atoms with Crippen LogP contribution in [0.4, 0.5) is 4.39 Å². The lowest BCUT2D eigenvalue weighted by Gasteiger charge is -2.21. The number of carbonyl (C=O) groups is 1. The molecule has 0 bridgehead atoms. The van der Waals surface area contributed by atoms with Gasteiger partial charge < -0.3 is 5.11 Å². The van der Waals surface area contributed by atoms with Crippen molar-refractivity contribution in [2.75, 3.05) is 7.05 Å². The van der Waals surface area contributed by atoms with Crippen LogP contribution in [0.5, 0.6) is 0 Å². The predicted octanol–water partition coefficient (Wildman–Crippen LogP) is 1.73. The van der Waals surface area contributed by atoms with Gasteiger partial charge in [-0.3, -0.25) is 9.69 Å². The molecule has 0 aliphatic carbocycles. The van der Waals surface area contributed by atoms with Crippen LogP contribution in [0.2, 0.25) is 0 Å². The van der Waals surface area contributed by atoms with Gasteiger partial charge in [0.15, 0.2) is 0 Å². The standard InChI is InChI=1S/C11H14FNO2/c1-8(11(14)15)13(2)7-9-5-3-4-6-10(9)12/h3-6,8H,7H2,1-2H3,(H,14,15)/t8-/m0/s1. The molecular formula is C11H14FNO2. The van der Waals surface area contributed by atoms with Gasteiger partial charge in [0.05, 0.1) is 0 Å². The molecule has 0 heterocycles. The van der Waals surface area contributed by atoms with Crippen LogP contribution in [-0.4, -0.2) is 29.1 Å². The Bertz CT molecular complexity index is 354. The number of likely N-dealkylation sites (N-methyl/N-ethyl adjacent to an activating group) is 1. The zero-order chi connectivity index (χ0) is 11.4. The number of aliphatic carboxylic acids is 1. The third kappa shape index (κ3) is 3.02. The molecule has 15 heavy (non-hydrogen) atoms. The fourth-order valence-electron chi connectivity index (χ4n) is 1.22. The van der Waals surface area contributed by atoms with Gasteiger partial charge in [-0.15, -0.1) is 0 Å². The lowest BCUT2D eigenvalue weighted by atomic mass is 10.2. The van der Waals surface area contributed by atoms with Crippen LogP contribution in [0.25, 0.3) is 0 Å². The van der Waals surface area contributed by atoms with E-state index in [1.165, 1.54) is 6.07 Å². The molecule has 3 nitrogen and oxygen atoms in total. The number of hydrogen-bond donors (Lipinski definition) is 1. The molecule has 0 unspecified atom stereocenters. The monoisotopic (exact) mass is 211 g/mol. The molecule has 1 aromatic carbocycles. The molecule has 0 amide bonds. The van der Waals surface area contributed by atoms with Crippen molar-refractivity contribution in [3.63, 3.8) is 0 Å². The van der Waals surface area contributed by atoms with Crippen molar-refractivity contribution < 1.29 is 14.3 Å². The minimum absolute atomic E-state index is 0.292. The zero-order valence-corrected chi connectivity index (χ0v) is 8.77. The molecular weight excluding hydrogens is 197 g/mol. The van der Waals surface area contributed by atoms with Gasteiger partial charge in [0, 0.05) is 12.1 Å². The topological polar surface area (TPSA) is 40.5 Å².